The summed E-state index contributed by atoms with van der Waals surface area (Å²) < 4.78 is 18.5. The molecule has 3 heterocycles. The van der Waals surface area contributed by atoms with Crippen LogP contribution in [0.5, 0.6) is 0 Å². The first-order valence-electron chi connectivity index (χ1n) is 7.32. The van der Waals surface area contributed by atoms with Crippen molar-refractivity contribution in [1.29, 1.82) is 0 Å². The molecule has 1 atom stereocenters. The molecule has 1 aromatic heterocycles. The molecule has 112 valence electrons. The van der Waals surface area contributed by atoms with Crippen LogP contribution in [0, 0.1) is 0 Å². The van der Waals surface area contributed by atoms with Gasteiger partial charge in [-0.15, -0.1) is 0 Å². The number of hydrogen-bond donors (Lipinski definition) is 1. The highest BCUT2D eigenvalue weighted by Gasteiger charge is 2.42. The van der Waals surface area contributed by atoms with E-state index in [0.717, 1.165) is 43.2 Å². The van der Waals surface area contributed by atoms with E-state index in [1.807, 2.05) is 18.2 Å². The van der Waals surface area contributed by atoms with Crippen molar-refractivity contribution in [3.05, 3.63) is 24.3 Å². The summed E-state index contributed by atoms with van der Waals surface area (Å²) in [6.07, 6.45) is 1.73. The minimum atomic E-state index is -0.405. The molecule has 4 rings (SSSR count). The maximum atomic E-state index is 6.10. The van der Waals surface area contributed by atoms with Crippen molar-refractivity contribution in [2.45, 2.75) is 24.7 Å². The molecular weight excluding hydrogens is 288 g/mol. The van der Waals surface area contributed by atoms with Gasteiger partial charge in [-0.25, -0.2) is 4.98 Å². The van der Waals surface area contributed by atoms with Gasteiger partial charge in [-0.2, -0.15) is 0 Å². The van der Waals surface area contributed by atoms with Gasteiger partial charge in [0.25, 0.3) is 0 Å². The molecule has 0 unspecified atom stereocenters. The Morgan fingerprint density at radius 1 is 1.29 bits per heavy atom. The van der Waals surface area contributed by atoms with Crippen LogP contribution in [0.25, 0.3) is 10.2 Å². The predicted molar refractivity (Wildman–Crippen MR) is 81.7 cm³/mol. The molecule has 21 heavy (non-hydrogen) atoms. The van der Waals surface area contributed by atoms with Crippen LogP contribution in [0.3, 0.4) is 0 Å². The van der Waals surface area contributed by atoms with Crippen molar-refractivity contribution in [3.63, 3.8) is 0 Å². The highest BCUT2D eigenvalue weighted by atomic mass is 32.1. The highest BCUT2D eigenvalue weighted by molar-refractivity contribution is 7.22. The van der Waals surface area contributed by atoms with E-state index in [-0.39, 0.29) is 6.10 Å². The predicted octanol–water partition coefficient (Wildman–Crippen LogP) is 2.63. The van der Waals surface area contributed by atoms with Gasteiger partial charge in [0.1, 0.15) is 6.10 Å². The monoisotopic (exact) mass is 306 g/mol. The van der Waals surface area contributed by atoms with Crippen molar-refractivity contribution in [3.8, 4) is 0 Å². The molecule has 2 saturated heterocycles. The van der Waals surface area contributed by atoms with Gasteiger partial charge in [-0.1, -0.05) is 23.5 Å². The van der Waals surface area contributed by atoms with Crippen LogP contribution < -0.4 is 5.32 Å². The van der Waals surface area contributed by atoms with Gasteiger partial charge in [0.15, 0.2) is 10.9 Å². The lowest BCUT2D eigenvalue weighted by atomic mass is 10.1. The van der Waals surface area contributed by atoms with E-state index in [1.165, 1.54) is 4.70 Å². The average molecular weight is 306 g/mol. The molecule has 5 nitrogen and oxygen atoms in total. The average Bonchev–Trinajstić information content (AvgIpc) is 3.10. The van der Waals surface area contributed by atoms with Crippen molar-refractivity contribution >= 4 is 26.7 Å². The van der Waals surface area contributed by atoms with E-state index in [0.29, 0.717) is 6.61 Å². The number of benzene rings is 1. The number of nitrogens with zero attached hydrogens (tertiary/aromatic N) is 1. The molecule has 1 aromatic carbocycles. The second-order valence-electron chi connectivity index (χ2n) is 5.44. The van der Waals surface area contributed by atoms with Crippen molar-refractivity contribution < 1.29 is 14.2 Å². The van der Waals surface area contributed by atoms with E-state index in [2.05, 4.69) is 16.4 Å². The summed E-state index contributed by atoms with van der Waals surface area (Å²) in [5.41, 5.74) is 1.04. The zero-order valence-electron chi connectivity index (χ0n) is 11.7. The van der Waals surface area contributed by atoms with Crippen molar-refractivity contribution in [1.82, 2.24) is 4.98 Å². The summed E-state index contributed by atoms with van der Waals surface area (Å²) in [5.74, 6) is -0.405. The fraction of sp³-hybridized carbons (Fsp3) is 0.533. The molecule has 0 radical (unpaired) electrons. The summed E-state index contributed by atoms with van der Waals surface area (Å²) >= 11 is 1.67. The van der Waals surface area contributed by atoms with Crippen LogP contribution in [0.2, 0.25) is 0 Å². The first-order chi connectivity index (χ1) is 10.3. The largest absolute Gasteiger partial charge is 0.381 e. The molecule has 2 aliphatic rings. The van der Waals surface area contributed by atoms with E-state index in [9.17, 15) is 0 Å². The Balaban J connectivity index is 1.36. The van der Waals surface area contributed by atoms with Crippen LogP contribution in [-0.4, -0.2) is 43.2 Å². The van der Waals surface area contributed by atoms with Crippen LogP contribution in [0.4, 0.5) is 5.13 Å². The maximum absolute atomic E-state index is 6.10. The molecule has 1 N–H and O–H groups in total. The Hall–Kier alpha value is -1.21. The van der Waals surface area contributed by atoms with Gasteiger partial charge < -0.3 is 19.5 Å². The lowest BCUT2D eigenvalue weighted by Crippen LogP contribution is -2.38. The van der Waals surface area contributed by atoms with Gasteiger partial charge in [0, 0.05) is 19.4 Å². The topological polar surface area (TPSA) is 52.6 Å². The number of fused-ring (bicyclic) bond motifs is 1. The summed E-state index contributed by atoms with van der Waals surface area (Å²) in [5, 5.41) is 4.31. The highest BCUT2D eigenvalue weighted by Crippen LogP contribution is 2.33. The number of thiazole rings is 1. The van der Waals surface area contributed by atoms with E-state index < -0.39 is 5.79 Å². The summed E-state index contributed by atoms with van der Waals surface area (Å²) in [4.78, 5) is 4.57. The molecule has 0 aliphatic carbocycles. The van der Waals surface area contributed by atoms with Crippen molar-refractivity contribution in [2.75, 3.05) is 31.7 Å². The molecule has 2 fully saturated rings. The second-order valence-corrected chi connectivity index (χ2v) is 6.47. The van der Waals surface area contributed by atoms with E-state index >= 15 is 0 Å². The number of nitrogens with one attached hydrogen (secondary N) is 1. The van der Waals surface area contributed by atoms with Crippen LogP contribution in [0.15, 0.2) is 24.3 Å². The summed E-state index contributed by atoms with van der Waals surface area (Å²) in [6.45, 7) is 2.80. The van der Waals surface area contributed by atoms with Crippen LogP contribution in [-0.2, 0) is 14.2 Å². The second kappa shape index (κ2) is 5.53. The van der Waals surface area contributed by atoms with Gasteiger partial charge in [0.05, 0.1) is 30.0 Å². The summed E-state index contributed by atoms with van der Waals surface area (Å²) in [7, 11) is 0. The minimum absolute atomic E-state index is 0.0788. The normalized spacial score (nSPS) is 24.7. The zero-order valence-corrected chi connectivity index (χ0v) is 12.5. The number of para-hydroxylation sites is 1. The Labute approximate surface area is 127 Å². The Bertz CT molecular complexity index is 591. The van der Waals surface area contributed by atoms with Gasteiger partial charge in [-0.3, -0.25) is 0 Å². The smallest absolute Gasteiger partial charge is 0.183 e. The van der Waals surface area contributed by atoms with Gasteiger partial charge in [-0.05, 0) is 12.1 Å². The van der Waals surface area contributed by atoms with Gasteiger partial charge >= 0.3 is 0 Å². The number of anilines is 1. The summed E-state index contributed by atoms with van der Waals surface area (Å²) in [6, 6.07) is 8.16. The first kappa shape index (κ1) is 13.5. The lowest BCUT2D eigenvalue weighted by molar-refractivity contribution is -0.209. The molecule has 0 saturated carbocycles. The molecule has 0 amide bonds. The van der Waals surface area contributed by atoms with Crippen molar-refractivity contribution in [2.24, 2.45) is 0 Å². The zero-order chi connectivity index (χ0) is 14.1. The lowest BCUT2D eigenvalue weighted by Gasteiger charge is -2.31. The maximum Gasteiger partial charge on any atom is 0.183 e. The number of hydrogen-bond acceptors (Lipinski definition) is 6. The van der Waals surface area contributed by atoms with E-state index in [4.69, 9.17) is 14.2 Å². The third kappa shape index (κ3) is 2.76. The molecule has 6 heteroatoms. The molecule has 0 bridgehead atoms. The molecule has 2 aromatic rings. The number of ether oxygens (including phenoxy) is 3. The van der Waals surface area contributed by atoms with Crippen LogP contribution >= 0.6 is 11.3 Å². The first-order valence-corrected chi connectivity index (χ1v) is 8.14. The Morgan fingerprint density at radius 3 is 3.00 bits per heavy atom. The van der Waals surface area contributed by atoms with E-state index in [1.54, 1.807) is 11.3 Å². The van der Waals surface area contributed by atoms with Crippen LogP contribution in [0.1, 0.15) is 12.8 Å². The Morgan fingerprint density at radius 2 is 2.14 bits per heavy atom. The molecule has 2 aliphatic heterocycles. The Kier molecular flexibility index (Phi) is 3.54. The SMILES string of the molecule is c1ccc2sc(NC[C@@H]3COC4(CCOCC4)O3)nc2c1. The quantitative estimate of drug-likeness (QED) is 0.945. The molecular formula is C15H18N2O3S. The molecule has 1 spiro atoms. The standard InChI is InChI=1S/C15H18N2O3S/c1-2-4-13-12(3-1)17-14(21-13)16-9-11-10-19-15(20-11)5-7-18-8-6-15/h1-4,11H,5-10H2,(H,16,17)/t11-/m1/s1. The number of aromatic nitrogens is 1. The minimum Gasteiger partial charge on any atom is -0.381 e. The van der Waals surface area contributed by atoms with Gasteiger partial charge in [0.2, 0.25) is 0 Å². The third-order valence-corrected chi connectivity index (χ3v) is 4.94. The third-order valence-electron chi connectivity index (χ3n) is 3.94. The number of rotatable bonds is 3. The fourth-order valence-corrected chi connectivity index (χ4v) is 3.68. The fourth-order valence-electron chi connectivity index (χ4n) is 2.81.